The Hall–Kier alpha value is -2.36. The van der Waals surface area contributed by atoms with E-state index in [-0.39, 0.29) is 17.3 Å². The molecule has 25 heavy (non-hydrogen) atoms. The normalized spacial score (nSPS) is 20.7. The molecule has 0 saturated heterocycles. The third kappa shape index (κ3) is 2.90. The van der Waals surface area contributed by atoms with Crippen molar-refractivity contribution in [1.82, 2.24) is 0 Å². The Morgan fingerprint density at radius 3 is 2.84 bits per heavy atom. The predicted molar refractivity (Wildman–Crippen MR) is 96.1 cm³/mol. The molecule has 0 aromatic heterocycles. The lowest BCUT2D eigenvalue weighted by Gasteiger charge is -2.36. The number of hydrogen-bond acceptors (Lipinski definition) is 4. The Labute approximate surface area is 148 Å². The molecule has 2 aliphatic rings. The fourth-order valence-electron chi connectivity index (χ4n) is 3.85. The van der Waals surface area contributed by atoms with Crippen LogP contribution in [0.25, 0.3) is 0 Å². The van der Waals surface area contributed by atoms with E-state index in [9.17, 15) is 5.11 Å². The standard InChI is InChI=1S/C21H24O4/c1-21(2)9-8-17-18(25-21)7-4-13-10-14(12-24-20(13)17)16-6-5-15(22)11-19(16)23-3/h4-7,11,14,22H,8-10,12H2,1-3H3. The fraction of sp³-hybridized carbons (Fsp3) is 0.429. The highest BCUT2D eigenvalue weighted by Gasteiger charge is 2.32. The minimum atomic E-state index is -0.113. The van der Waals surface area contributed by atoms with Gasteiger partial charge in [-0.2, -0.15) is 0 Å². The number of fused-ring (bicyclic) bond motifs is 3. The van der Waals surface area contributed by atoms with Gasteiger partial charge in [0.15, 0.2) is 0 Å². The van der Waals surface area contributed by atoms with E-state index >= 15 is 0 Å². The molecule has 0 radical (unpaired) electrons. The van der Waals surface area contributed by atoms with Gasteiger partial charge in [-0.1, -0.05) is 12.1 Å². The van der Waals surface area contributed by atoms with Crippen molar-refractivity contribution in [2.45, 2.75) is 44.6 Å². The molecule has 2 aliphatic heterocycles. The summed E-state index contributed by atoms with van der Waals surface area (Å²) in [7, 11) is 1.63. The quantitative estimate of drug-likeness (QED) is 0.889. The number of benzene rings is 2. The van der Waals surface area contributed by atoms with Crippen molar-refractivity contribution in [3.63, 3.8) is 0 Å². The molecule has 1 N–H and O–H groups in total. The van der Waals surface area contributed by atoms with Crippen molar-refractivity contribution in [3.05, 3.63) is 47.0 Å². The van der Waals surface area contributed by atoms with Gasteiger partial charge in [-0.15, -0.1) is 0 Å². The van der Waals surface area contributed by atoms with Gasteiger partial charge in [-0.05, 0) is 50.8 Å². The molecule has 132 valence electrons. The van der Waals surface area contributed by atoms with E-state index in [4.69, 9.17) is 14.2 Å². The van der Waals surface area contributed by atoms with Crippen LogP contribution in [0.4, 0.5) is 0 Å². The van der Waals surface area contributed by atoms with E-state index in [2.05, 4.69) is 26.0 Å². The van der Waals surface area contributed by atoms with Crippen molar-refractivity contribution in [3.8, 4) is 23.0 Å². The largest absolute Gasteiger partial charge is 0.508 e. The molecule has 1 unspecified atom stereocenters. The summed E-state index contributed by atoms with van der Waals surface area (Å²) in [6.07, 6.45) is 2.88. The summed E-state index contributed by atoms with van der Waals surface area (Å²) in [5.74, 6) is 3.09. The Balaban J connectivity index is 1.65. The number of phenols is 1. The molecule has 4 nitrogen and oxygen atoms in total. The highest BCUT2D eigenvalue weighted by Crippen LogP contribution is 2.45. The van der Waals surface area contributed by atoms with Crippen LogP contribution in [0.3, 0.4) is 0 Å². The molecule has 0 saturated carbocycles. The van der Waals surface area contributed by atoms with E-state index in [0.717, 1.165) is 36.3 Å². The maximum Gasteiger partial charge on any atom is 0.129 e. The topological polar surface area (TPSA) is 47.9 Å². The molecule has 0 spiro atoms. The highest BCUT2D eigenvalue weighted by atomic mass is 16.5. The van der Waals surface area contributed by atoms with Crippen molar-refractivity contribution in [2.24, 2.45) is 0 Å². The lowest BCUT2D eigenvalue weighted by atomic mass is 9.86. The molecule has 0 amide bonds. The zero-order valence-corrected chi connectivity index (χ0v) is 15.0. The van der Waals surface area contributed by atoms with Gasteiger partial charge in [0.25, 0.3) is 0 Å². The van der Waals surface area contributed by atoms with Gasteiger partial charge in [0.2, 0.25) is 0 Å². The maximum absolute atomic E-state index is 9.67. The second-order valence-electron chi connectivity index (χ2n) is 7.53. The summed E-state index contributed by atoms with van der Waals surface area (Å²) in [4.78, 5) is 0. The van der Waals surface area contributed by atoms with Crippen LogP contribution >= 0.6 is 0 Å². The number of phenolic OH excluding ortho intramolecular Hbond substituents is 1. The monoisotopic (exact) mass is 340 g/mol. The average molecular weight is 340 g/mol. The van der Waals surface area contributed by atoms with Gasteiger partial charge in [0.05, 0.1) is 13.7 Å². The SMILES string of the molecule is COc1cc(O)ccc1C1COc2c(ccc3c2CCC(C)(C)O3)C1. The Morgan fingerprint density at radius 1 is 1.20 bits per heavy atom. The van der Waals surface area contributed by atoms with Crippen LogP contribution in [-0.4, -0.2) is 24.4 Å². The van der Waals surface area contributed by atoms with Crippen LogP contribution < -0.4 is 14.2 Å². The van der Waals surface area contributed by atoms with E-state index in [0.29, 0.717) is 12.4 Å². The van der Waals surface area contributed by atoms with Gasteiger partial charge in [0, 0.05) is 23.1 Å². The zero-order valence-electron chi connectivity index (χ0n) is 15.0. The molecule has 4 heteroatoms. The molecule has 0 aliphatic carbocycles. The minimum Gasteiger partial charge on any atom is -0.508 e. The molecule has 1 atom stereocenters. The Kier molecular flexibility index (Phi) is 3.78. The second kappa shape index (κ2) is 5.87. The first-order valence-electron chi connectivity index (χ1n) is 8.80. The van der Waals surface area contributed by atoms with Crippen LogP contribution in [0.5, 0.6) is 23.0 Å². The van der Waals surface area contributed by atoms with Gasteiger partial charge >= 0.3 is 0 Å². The summed E-state index contributed by atoms with van der Waals surface area (Å²) in [6.45, 7) is 4.86. The summed E-state index contributed by atoms with van der Waals surface area (Å²) < 4.78 is 17.8. The first-order valence-corrected chi connectivity index (χ1v) is 8.80. The molecule has 2 aromatic carbocycles. The summed E-state index contributed by atoms with van der Waals surface area (Å²) in [5.41, 5.74) is 3.38. The van der Waals surface area contributed by atoms with Gasteiger partial charge in [-0.3, -0.25) is 0 Å². The average Bonchev–Trinajstić information content (AvgIpc) is 2.60. The Morgan fingerprint density at radius 2 is 2.04 bits per heavy atom. The molecular formula is C21H24O4. The van der Waals surface area contributed by atoms with Crippen LogP contribution in [0, 0.1) is 0 Å². The van der Waals surface area contributed by atoms with Crippen molar-refractivity contribution < 1.29 is 19.3 Å². The van der Waals surface area contributed by atoms with Gasteiger partial charge in [0.1, 0.15) is 28.6 Å². The van der Waals surface area contributed by atoms with Crippen molar-refractivity contribution in [1.29, 1.82) is 0 Å². The summed E-state index contributed by atoms with van der Waals surface area (Å²) >= 11 is 0. The van der Waals surface area contributed by atoms with E-state index in [1.54, 1.807) is 19.2 Å². The number of ether oxygens (including phenoxy) is 3. The predicted octanol–water partition coefficient (Wildman–Crippen LogP) is 4.22. The number of rotatable bonds is 2. The van der Waals surface area contributed by atoms with E-state index < -0.39 is 0 Å². The van der Waals surface area contributed by atoms with E-state index in [1.165, 1.54) is 11.1 Å². The molecule has 4 rings (SSSR count). The highest BCUT2D eigenvalue weighted by molar-refractivity contribution is 5.54. The third-order valence-corrected chi connectivity index (χ3v) is 5.21. The second-order valence-corrected chi connectivity index (χ2v) is 7.53. The van der Waals surface area contributed by atoms with Crippen molar-refractivity contribution >= 4 is 0 Å². The molecule has 2 heterocycles. The molecule has 0 bridgehead atoms. The fourth-order valence-corrected chi connectivity index (χ4v) is 3.85. The smallest absolute Gasteiger partial charge is 0.129 e. The number of hydrogen-bond donors (Lipinski definition) is 1. The first kappa shape index (κ1) is 16.1. The van der Waals surface area contributed by atoms with Crippen LogP contribution in [0.1, 0.15) is 42.9 Å². The zero-order chi connectivity index (χ0) is 17.6. The van der Waals surface area contributed by atoms with Crippen molar-refractivity contribution in [2.75, 3.05) is 13.7 Å². The van der Waals surface area contributed by atoms with E-state index in [1.807, 2.05) is 6.07 Å². The van der Waals surface area contributed by atoms with Crippen LogP contribution in [0.2, 0.25) is 0 Å². The van der Waals surface area contributed by atoms with Gasteiger partial charge < -0.3 is 19.3 Å². The first-order chi connectivity index (χ1) is 12.0. The van der Waals surface area contributed by atoms with Gasteiger partial charge in [-0.25, -0.2) is 0 Å². The Bertz CT molecular complexity index is 810. The number of methoxy groups -OCH3 is 1. The minimum absolute atomic E-state index is 0.113. The van der Waals surface area contributed by atoms with Crippen LogP contribution in [-0.2, 0) is 12.8 Å². The maximum atomic E-state index is 9.67. The summed E-state index contributed by atoms with van der Waals surface area (Å²) in [6, 6.07) is 9.49. The molecule has 2 aromatic rings. The molecule has 0 fully saturated rings. The lowest BCUT2D eigenvalue weighted by Crippen LogP contribution is -2.33. The molecular weight excluding hydrogens is 316 g/mol. The number of aromatic hydroxyl groups is 1. The third-order valence-electron chi connectivity index (χ3n) is 5.21. The van der Waals surface area contributed by atoms with Crippen LogP contribution in [0.15, 0.2) is 30.3 Å². The lowest BCUT2D eigenvalue weighted by molar-refractivity contribution is 0.0826. The summed E-state index contributed by atoms with van der Waals surface area (Å²) in [5, 5.41) is 9.67.